The first-order valence-electron chi connectivity index (χ1n) is 6.08. The highest BCUT2D eigenvalue weighted by Gasteiger charge is 2.16. The predicted molar refractivity (Wildman–Crippen MR) is 79.0 cm³/mol. The van der Waals surface area contributed by atoms with Gasteiger partial charge in [0.15, 0.2) is 0 Å². The largest absolute Gasteiger partial charge is 0.480 e. The van der Waals surface area contributed by atoms with E-state index in [-0.39, 0.29) is 0 Å². The molecular weight excluding hydrogens is 296 g/mol. The summed E-state index contributed by atoms with van der Waals surface area (Å²) in [6.45, 7) is 7.82. The van der Waals surface area contributed by atoms with Crippen LogP contribution in [0.25, 0.3) is 0 Å². The number of unbranched alkanes of at least 4 members (excludes halogenated alkanes) is 1. The lowest BCUT2D eigenvalue weighted by Crippen LogP contribution is -2.35. The molecule has 0 amide bonds. The van der Waals surface area contributed by atoms with Crippen LogP contribution in [-0.4, -0.2) is 23.3 Å². The predicted octanol–water partition coefficient (Wildman–Crippen LogP) is 3.45. The third-order valence-electron chi connectivity index (χ3n) is 2.22. The van der Waals surface area contributed by atoms with Crippen LogP contribution in [-0.2, 0) is 4.79 Å². The molecule has 0 heterocycles. The number of aliphatic imine (C=N–C) groups is 1. The molecule has 0 saturated heterocycles. The quantitative estimate of drug-likeness (QED) is 0.506. The Kier molecular flexibility index (Phi) is 9.28. The van der Waals surface area contributed by atoms with Crippen LogP contribution < -0.4 is 5.32 Å². The maximum atomic E-state index is 11.0. The smallest absolute Gasteiger partial charge is 0.326 e. The molecule has 2 N–H and O–H groups in total. The molecule has 0 aromatic heterocycles. The van der Waals surface area contributed by atoms with E-state index >= 15 is 0 Å². The first-order chi connectivity index (χ1) is 8.52. The molecule has 0 aromatic carbocycles. The van der Waals surface area contributed by atoms with Gasteiger partial charge in [-0.3, -0.25) is 4.99 Å². The van der Waals surface area contributed by atoms with Crippen molar-refractivity contribution >= 4 is 28.1 Å². The average Bonchev–Trinajstić information content (AvgIpc) is 2.33. The Morgan fingerprint density at radius 2 is 2.17 bits per heavy atom. The van der Waals surface area contributed by atoms with Gasteiger partial charge in [-0.15, -0.1) is 0 Å². The van der Waals surface area contributed by atoms with Crippen LogP contribution in [0, 0.1) is 0 Å². The van der Waals surface area contributed by atoms with Gasteiger partial charge in [-0.1, -0.05) is 33.3 Å². The molecule has 0 saturated carbocycles. The Hall–Kier alpha value is -1.10. The zero-order valence-electron chi connectivity index (χ0n) is 10.9. The van der Waals surface area contributed by atoms with Crippen LogP contribution in [0.5, 0.6) is 0 Å². The topological polar surface area (TPSA) is 61.7 Å². The Labute approximate surface area is 117 Å². The molecule has 0 radical (unpaired) electrons. The maximum absolute atomic E-state index is 11.0. The zero-order chi connectivity index (χ0) is 14.0. The highest BCUT2D eigenvalue weighted by molar-refractivity contribution is 9.11. The Morgan fingerprint density at radius 1 is 1.50 bits per heavy atom. The van der Waals surface area contributed by atoms with Crippen molar-refractivity contribution in [3.63, 3.8) is 0 Å². The summed E-state index contributed by atoms with van der Waals surface area (Å²) in [6.07, 6.45) is 6.77. The lowest BCUT2D eigenvalue weighted by Gasteiger charge is -2.16. The van der Waals surface area contributed by atoms with Crippen LogP contribution in [0.15, 0.2) is 28.0 Å². The van der Waals surface area contributed by atoms with Gasteiger partial charge in [0, 0.05) is 18.1 Å². The van der Waals surface area contributed by atoms with Crippen LogP contribution in [0.2, 0.25) is 0 Å². The lowest BCUT2D eigenvalue weighted by molar-refractivity contribution is -0.139. The van der Waals surface area contributed by atoms with Gasteiger partial charge in [0.05, 0.1) is 4.48 Å². The maximum Gasteiger partial charge on any atom is 0.326 e. The van der Waals surface area contributed by atoms with Crippen molar-refractivity contribution in [3.05, 3.63) is 23.0 Å². The number of rotatable bonds is 9. The molecule has 0 aliphatic carbocycles. The Balaban J connectivity index is 4.40. The molecule has 0 aliphatic rings. The fraction of sp³-hybridized carbons (Fsp3) is 0.538. The molecule has 18 heavy (non-hydrogen) atoms. The van der Waals surface area contributed by atoms with Gasteiger partial charge in [0.1, 0.15) is 6.04 Å². The summed E-state index contributed by atoms with van der Waals surface area (Å²) in [5, 5.41) is 11.9. The minimum atomic E-state index is -0.868. The SMILES string of the molecule is C=C(NC(CCC)C(=O)O)/C(Br)=C\N=CCCC. The number of aliphatic carboxylic acids is 1. The van der Waals surface area contributed by atoms with Crippen LogP contribution >= 0.6 is 15.9 Å². The van der Waals surface area contributed by atoms with Crippen molar-refractivity contribution in [2.24, 2.45) is 4.99 Å². The van der Waals surface area contributed by atoms with Crippen molar-refractivity contribution in [1.82, 2.24) is 5.32 Å². The van der Waals surface area contributed by atoms with E-state index in [4.69, 9.17) is 5.11 Å². The molecule has 1 atom stereocenters. The summed E-state index contributed by atoms with van der Waals surface area (Å²) < 4.78 is 0.664. The highest BCUT2D eigenvalue weighted by atomic mass is 79.9. The first kappa shape index (κ1) is 16.9. The molecule has 0 rings (SSSR count). The summed E-state index contributed by atoms with van der Waals surface area (Å²) >= 11 is 3.32. The normalized spacial score (nSPS) is 13.6. The van der Waals surface area contributed by atoms with Crippen molar-refractivity contribution in [1.29, 1.82) is 0 Å². The third-order valence-corrected chi connectivity index (χ3v) is 2.91. The fourth-order valence-corrected chi connectivity index (χ4v) is 1.46. The van der Waals surface area contributed by atoms with Gasteiger partial charge in [-0.2, -0.15) is 0 Å². The van der Waals surface area contributed by atoms with E-state index < -0.39 is 12.0 Å². The summed E-state index contributed by atoms with van der Waals surface area (Å²) in [6, 6.07) is -0.608. The molecule has 102 valence electrons. The summed E-state index contributed by atoms with van der Waals surface area (Å²) in [7, 11) is 0. The fourth-order valence-electron chi connectivity index (χ4n) is 1.23. The lowest BCUT2D eigenvalue weighted by atomic mass is 10.1. The van der Waals surface area contributed by atoms with E-state index in [1.807, 2.05) is 13.1 Å². The standard InChI is InChI=1S/C13H21BrN2O2/c1-4-6-8-15-9-11(14)10(3)16-12(7-5-2)13(17)18/h8-9,12,16H,3-7H2,1-2H3,(H,17,18)/b11-9+,15-8?. The van der Waals surface area contributed by atoms with Gasteiger partial charge < -0.3 is 10.4 Å². The third kappa shape index (κ3) is 7.27. The zero-order valence-corrected chi connectivity index (χ0v) is 12.5. The monoisotopic (exact) mass is 316 g/mol. The number of nitrogens with one attached hydrogen (secondary N) is 1. The molecular formula is C13H21BrN2O2. The number of nitrogens with zero attached hydrogens (tertiary/aromatic N) is 1. The number of hydrogen-bond acceptors (Lipinski definition) is 3. The van der Waals surface area contributed by atoms with E-state index in [9.17, 15) is 4.79 Å². The van der Waals surface area contributed by atoms with Gasteiger partial charge in [-0.25, -0.2) is 4.79 Å². The molecule has 0 aliphatic heterocycles. The molecule has 0 fully saturated rings. The molecule has 4 nitrogen and oxygen atoms in total. The number of allylic oxidation sites excluding steroid dienone is 1. The molecule has 0 bridgehead atoms. The van der Waals surface area contributed by atoms with Crippen LogP contribution in [0.1, 0.15) is 39.5 Å². The minimum Gasteiger partial charge on any atom is -0.480 e. The number of halogens is 1. The first-order valence-corrected chi connectivity index (χ1v) is 6.88. The van der Waals surface area contributed by atoms with Crippen molar-refractivity contribution in [3.8, 4) is 0 Å². The summed E-state index contributed by atoms with van der Waals surface area (Å²) in [5.41, 5.74) is 0.532. The van der Waals surface area contributed by atoms with Crippen molar-refractivity contribution in [2.45, 2.75) is 45.6 Å². The van der Waals surface area contributed by atoms with E-state index in [1.165, 1.54) is 0 Å². The van der Waals surface area contributed by atoms with Crippen molar-refractivity contribution < 1.29 is 9.90 Å². The number of carboxylic acids is 1. The second-order valence-corrected chi connectivity index (χ2v) is 4.75. The van der Waals surface area contributed by atoms with Crippen LogP contribution in [0.3, 0.4) is 0 Å². The number of carbonyl (C=O) groups is 1. The van der Waals surface area contributed by atoms with E-state index in [2.05, 4.69) is 39.7 Å². The molecule has 5 heteroatoms. The van der Waals surface area contributed by atoms with E-state index in [0.717, 1.165) is 19.3 Å². The molecule has 0 aromatic rings. The number of carboxylic acid groups (broad SMARTS) is 1. The average molecular weight is 317 g/mol. The summed E-state index contributed by atoms with van der Waals surface area (Å²) in [4.78, 5) is 15.1. The highest BCUT2D eigenvalue weighted by Crippen LogP contribution is 2.14. The van der Waals surface area contributed by atoms with E-state index in [0.29, 0.717) is 16.6 Å². The van der Waals surface area contributed by atoms with Crippen LogP contribution in [0.4, 0.5) is 0 Å². The Bertz CT molecular complexity index is 338. The molecule has 1 unspecified atom stereocenters. The summed E-state index contributed by atoms with van der Waals surface area (Å²) in [5.74, 6) is -0.868. The van der Waals surface area contributed by atoms with Gasteiger partial charge in [-0.05, 0) is 28.8 Å². The second-order valence-electron chi connectivity index (χ2n) is 3.90. The van der Waals surface area contributed by atoms with Gasteiger partial charge >= 0.3 is 5.97 Å². The van der Waals surface area contributed by atoms with Gasteiger partial charge in [0.25, 0.3) is 0 Å². The second kappa shape index (κ2) is 9.88. The van der Waals surface area contributed by atoms with E-state index in [1.54, 1.807) is 6.20 Å². The van der Waals surface area contributed by atoms with Crippen molar-refractivity contribution in [2.75, 3.05) is 0 Å². The van der Waals surface area contributed by atoms with Gasteiger partial charge in [0.2, 0.25) is 0 Å². The Morgan fingerprint density at radius 3 is 2.67 bits per heavy atom. The molecule has 0 spiro atoms. The number of hydrogen-bond donors (Lipinski definition) is 2. The minimum absolute atomic E-state index is 0.532.